The van der Waals surface area contributed by atoms with Gasteiger partial charge in [-0.3, -0.25) is 19.2 Å². The topological polar surface area (TPSA) is 221 Å². The van der Waals surface area contributed by atoms with Crippen molar-refractivity contribution >= 4 is 56.5 Å². The summed E-state index contributed by atoms with van der Waals surface area (Å²) in [7, 11) is -5.87. The number of anilines is 1. The molecule has 2 unspecified atom stereocenters. The fourth-order valence-corrected chi connectivity index (χ4v) is 15.6. The molecule has 0 spiro atoms. The van der Waals surface area contributed by atoms with Gasteiger partial charge < -0.3 is 38.7 Å². The fraction of sp³-hybridized carbons (Fsp3) is 0.529. The normalized spacial score (nSPS) is 19.7. The zero-order valence-corrected chi connectivity index (χ0v) is 67.2. The number of cyclic esters (lactones) is 1. The monoisotopic (exact) mass is 1500 g/mol. The summed E-state index contributed by atoms with van der Waals surface area (Å²) in [6.45, 7) is 31.9. The lowest BCUT2D eigenvalue weighted by Crippen LogP contribution is -2.59. The Labute approximate surface area is 633 Å². The maximum atomic E-state index is 13.0. The fourth-order valence-electron chi connectivity index (χ4n) is 13.1. The Balaban J connectivity index is 0.000000200. The molecule has 6 aromatic rings. The Hall–Kier alpha value is -7.61. The Bertz CT molecular complexity index is 3810. The summed E-state index contributed by atoms with van der Waals surface area (Å²) in [5, 5.41) is 7.38. The van der Waals surface area contributed by atoms with Crippen LogP contribution in [0.4, 0.5) is 14.5 Å². The van der Waals surface area contributed by atoms with Gasteiger partial charge in [0, 0.05) is 22.7 Å². The molecule has 5 saturated carbocycles. The number of ether oxygens (including phenoxy) is 5. The predicted octanol–water partition coefficient (Wildman–Crippen LogP) is 21.2. The number of carbonyl (C=O) groups is 5. The molecule has 0 saturated heterocycles. The Kier molecular flexibility index (Phi) is 31.3. The van der Waals surface area contributed by atoms with Crippen LogP contribution in [-0.2, 0) is 61.0 Å². The summed E-state index contributed by atoms with van der Waals surface area (Å²) in [5.74, 6) is 4.32. The van der Waals surface area contributed by atoms with Crippen LogP contribution in [0.2, 0.25) is 0 Å². The number of nitrogens with one attached hydrogen (secondary N) is 1. The third kappa shape index (κ3) is 23.5. The number of rotatable bonds is 22. The van der Waals surface area contributed by atoms with Crippen LogP contribution >= 0.6 is 0 Å². The van der Waals surface area contributed by atoms with Crippen LogP contribution in [0.1, 0.15) is 241 Å². The summed E-state index contributed by atoms with van der Waals surface area (Å²) in [4.78, 5) is 62.5. The molecule has 4 bridgehead atoms. The molecule has 106 heavy (non-hydrogen) atoms. The SMILES string of the molecule is CCC(C)(C)C(=O)Nc1cccc(O)c1.CCC(C)(C)C(=O)OC(C)C(F)(F)S(=O)(=O)[O-].CCC(C)(C)C(=O)Oc1ccc2c(c1)COC2=O.CCC(C)c1ccc(OC2(C)C3CC4CC(C3)CC2C4)cc1.CCC1(OC(=O)C(C)(C)CC)CCCC1.c1ccc([S+](c2ccccc2)c2ccccc2)cc1. The first-order chi connectivity index (χ1) is 49.7. The number of phenolic OH excluding ortho intramolecular Hbond substituents is 1. The Morgan fingerprint density at radius 3 is 1.52 bits per heavy atom. The van der Waals surface area contributed by atoms with Crippen LogP contribution in [0.25, 0.3) is 0 Å². The molecule has 19 heteroatoms. The number of fused-ring (bicyclic) bond motifs is 1. The van der Waals surface area contributed by atoms with Gasteiger partial charge in [0.15, 0.2) is 30.9 Å². The second-order valence-corrected chi connectivity index (χ2v) is 35.1. The Morgan fingerprint density at radius 2 is 1.08 bits per heavy atom. The number of aromatic hydroxyl groups is 1. The smallest absolute Gasteiger partial charge is 0.369 e. The quantitative estimate of drug-likeness (QED) is 0.0212. The van der Waals surface area contributed by atoms with Crippen molar-refractivity contribution in [2.75, 3.05) is 5.32 Å². The van der Waals surface area contributed by atoms with E-state index in [1.165, 1.54) is 91.5 Å². The summed E-state index contributed by atoms with van der Waals surface area (Å²) in [6.07, 6.45) is 14.1. The van der Waals surface area contributed by atoms with Crippen molar-refractivity contribution < 1.29 is 74.5 Å². The molecule has 6 aromatic carbocycles. The van der Waals surface area contributed by atoms with E-state index in [1.807, 2.05) is 62.3 Å². The van der Waals surface area contributed by atoms with E-state index in [9.17, 15) is 50.8 Å². The number of esters is 4. The lowest BCUT2D eigenvalue weighted by Gasteiger charge is -2.59. The zero-order chi connectivity index (χ0) is 78.6. The second-order valence-electron chi connectivity index (χ2n) is 31.6. The van der Waals surface area contributed by atoms with E-state index in [-0.39, 0.29) is 69.1 Å². The van der Waals surface area contributed by atoms with Gasteiger partial charge >= 0.3 is 29.1 Å². The third-order valence-corrected chi connectivity index (χ3v) is 25.7. The largest absolute Gasteiger partial charge is 0.743 e. The van der Waals surface area contributed by atoms with E-state index in [0.29, 0.717) is 42.7 Å². The molecule has 2 N–H and O–H groups in total. The minimum absolute atomic E-state index is 0.0146. The van der Waals surface area contributed by atoms with Crippen LogP contribution in [-0.4, -0.2) is 70.4 Å². The van der Waals surface area contributed by atoms with Crippen molar-refractivity contribution in [2.45, 2.75) is 264 Å². The van der Waals surface area contributed by atoms with Gasteiger partial charge in [0.25, 0.3) is 0 Å². The molecule has 6 aliphatic rings. The van der Waals surface area contributed by atoms with Crippen molar-refractivity contribution in [1.29, 1.82) is 0 Å². The van der Waals surface area contributed by atoms with Crippen molar-refractivity contribution in [3.63, 3.8) is 0 Å². The highest BCUT2D eigenvalue weighted by molar-refractivity contribution is 7.97. The molecule has 5 aliphatic carbocycles. The van der Waals surface area contributed by atoms with Gasteiger partial charge in [-0.05, 0) is 266 Å². The predicted molar refractivity (Wildman–Crippen MR) is 415 cm³/mol. The number of hydrogen-bond acceptors (Lipinski definition) is 14. The lowest BCUT2D eigenvalue weighted by molar-refractivity contribution is -0.171. The molecule has 0 radical (unpaired) electrons. The number of benzene rings is 6. The van der Waals surface area contributed by atoms with Crippen molar-refractivity contribution in [2.24, 2.45) is 45.3 Å². The van der Waals surface area contributed by atoms with E-state index in [2.05, 4.69) is 153 Å². The van der Waals surface area contributed by atoms with Gasteiger partial charge in [0.1, 0.15) is 35.1 Å². The minimum atomic E-state index is -5.86. The maximum absolute atomic E-state index is 13.0. The molecule has 1 amide bonds. The summed E-state index contributed by atoms with van der Waals surface area (Å²) >= 11 is 0. The molecule has 580 valence electrons. The van der Waals surface area contributed by atoms with Crippen LogP contribution in [0.15, 0.2) is 172 Å². The van der Waals surface area contributed by atoms with Gasteiger partial charge in [0.05, 0.1) is 32.7 Å². The van der Waals surface area contributed by atoms with Crippen LogP contribution in [0.3, 0.4) is 0 Å². The van der Waals surface area contributed by atoms with E-state index < -0.39 is 38.3 Å². The van der Waals surface area contributed by atoms with Crippen molar-refractivity contribution in [3.8, 4) is 17.2 Å². The summed E-state index contributed by atoms with van der Waals surface area (Å²) < 4.78 is 83.9. The van der Waals surface area contributed by atoms with Crippen molar-refractivity contribution in [1.82, 2.24) is 0 Å². The highest BCUT2D eigenvalue weighted by Gasteiger charge is 2.56. The number of carbonyl (C=O) groups excluding carboxylic acids is 5. The highest BCUT2D eigenvalue weighted by atomic mass is 32.2. The average Bonchev–Trinajstić information content (AvgIpc) is 0.853. The zero-order valence-electron chi connectivity index (χ0n) is 65.6. The number of amides is 1. The molecule has 5 fully saturated rings. The van der Waals surface area contributed by atoms with E-state index in [4.69, 9.17) is 18.9 Å². The number of phenols is 1. The Morgan fingerprint density at radius 1 is 0.613 bits per heavy atom. The standard InChI is InChI=1S/C21H30O.C18H15S.C14H16O4.C13H24O2.C12H17NO2.C9H16F2O5S/c1-4-14(2)17-5-7-20(8-6-17)22-21(3)18-10-15-9-16(12-18)13-19(21)11-15;1-4-10-16(11-5-1)19(17-12-6-2-7-13-17)18-14-8-3-9-15-18;1-4-14(2,3)13(16)18-10-5-6-11-9(7-10)8-17-12(11)15;1-5-12(3,4)11(14)15-13(6-2)9-7-8-10-13;1-4-12(2,3)11(15)13-9-6-5-7-10(14)8-9;1-5-8(3,4)7(12)16-6(2)9(10,11)17(13,14)15/h5-8,14-16,18-19H,4,9-13H2,1-3H3;1-15H;5-7H,4,8H2,1-3H3;5-10H2,1-4H3;5-8,14H,4H2,1-3H3,(H,13,15);6H,5H2,1-4H3,(H,13,14,15)/q;+1;;;;/p-1. The molecular weight excluding hydrogens is 1390 g/mol. The minimum Gasteiger partial charge on any atom is -0.743 e. The maximum Gasteiger partial charge on any atom is 0.369 e. The average molecular weight is 1500 g/mol. The van der Waals surface area contributed by atoms with Gasteiger partial charge in [-0.2, -0.15) is 8.78 Å². The molecule has 1 aliphatic heterocycles. The van der Waals surface area contributed by atoms with E-state index in [0.717, 1.165) is 67.1 Å². The summed E-state index contributed by atoms with van der Waals surface area (Å²) in [6, 6.07) is 52.6. The molecule has 2 atom stereocenters. The molecular formula is C87H117F2NO14S2. The number of halogens is 2. The van der Waals surface area contributed by atoms with E-state index >= 15 is 0 Å². The second kappa shape index (κ2) is 38.0. The van der Waals surface area contributed by atoms with Crippen molar-refractivity contribution in [3.05, 3.63) is 174 Å². The van der Waals surface area contributed by atoms with Crippen LogP contribution in [0, 0.1) is 45.3 Å². The first-order valence-corrected chi connectivity index (χ1v) is 40.5. The van der Waals surface area contributed by atoms with Gasteiger partial charge in [-0.25, -0.2) is 13.2 Å². The van der Waals surface area contributed by atoms with Gasteiger partial charge in [-0.1, -0.05) is 135 Å². The lowest BCUT2D eigenvalue weighted by atomic mass is 9.50. The molecule has 1 heterocycles. The van der Waals surface area contributed by atoms with Crippen LogP contribution < -0.4 is 14.8 Å². The summed E-state index contributed by atoms with van der Waals surface area (Å²) in [5.41, 5.74) is 1.09. The number of alkyl halides is 2. The first-order valence-electron chi connectivity index (χ1n) is 37.8. The van der Waals surface area contributed by atoms with Crippen LogP contribution in [0.5, 0.6) is 17.2 Å². The molecule has 12 rings (SSSR count). The highest BCUT2D eigenvalue weighted by Crippen LogP contribution is 2.59. The van der Waals surface area contributed by atoms with Gasteiger partial charge in [0.2, 0.25) is 5.91 Å². The number of hydrogen-bond donors (Lipinski definition) is 2. The van der Waals surface area contributed by atoms with E-state index in [1.54, 1.807) is 43.3 Å². The molecule has 0 aromatic heterocycles. The first kappa shape index (κ1) is 87.3. The third-order valence-electron chi connectivity index (χ3n) is 22.4. The van der Waals surface area contributed by atoms with Gasteiger partial charge in [-0.15, -0.1) is 0 Å². The molecule has 15 nitrogen and oxygen atoms in total.